The van der Waals surface area contributed by atoms with Gasteiger partial charge < -0.3 is 14.9 Å². The molecule has 0 unspecified atom stereocenters. The molecule has 0 radical (unpaired) electrons. The number of amides is 1. The average molecular weight is 345 g/mol. The summed E-state index contributed by atoms with van der Waals surface area (Å²) in [6, 6.07) is 10.3. The molecule has 0 spiro atoms. The van der Waals surface area contributed by atoms with E-state index in [4.69, 9.17) is 0 Å². The predicted molar refractivity (Wildman–Crippen MR) is 95.3 cm³/mol. The van der Waals surface area contributed by atoms with Crippen LogP contribution in [-0.4, -0.2) is 84.0 Å². The summed E-state index contributed by atoms with van der Waals surface area (Å²) in [5.74, 6) is -0.880. The molecule has 0 bridgehead atoms. The van der Waals surface area contributed by atoms with Gasteiger partial charge in [-0.05, 0) is 19.0 Å². The van der Waals surface area contributed by atoms with Crippen LogP contribution in [0.15, 0.2) is 30.3 Å². The largest absolute Gasteiger partial charge is 0.481 e. The fourth-order valence-electron chi connectivity index (χ4n) is 3.89. The molecule has 2 heterocycles. The zero-order valence-electron chi connectivity index (χ0n) is 14.8. The van der Waals surface area contributed by atoms with E-state index < -0.39 is 5.97 Å². The topological polar surface area (TPSA) is 64.1 Å². The minimum Gasteiger partial charge on any atom is -0.481 e. The maximum absolute atomic E-state index is 12.6. The summed E-state index contributed by atoms with van der Waals surface area (Å²) < 4.78 is 0. The van der Waals surface area contributed by atoms with Gasteiger partial charge in [0.2, 0.25) is 5.91 Å². The molecular weight excluding hydrogens is 318 g/mol. The van der Waals surface area contributed by atoms with Gasteiger partial charge in [0.25, 0.3) is 0 Å². The SMILES string of the molecule is CN1C[C@@H](C(=O)O)CN2CCN(C(=O)CCc3ccccc3)C[C@H]2C1. The molecule has 2 aliphatic rings. The van der Waals surface area contributed by atoms with Crippen molar-refractivity contribution in [1.29, 1.82) is 0 Å². The first-order valence-electron chi connectivity index (χ1n) is 9.00. The van der Waals surface area contributed by atoms with Crippen molar-refractivity contribution in [3.8, 4) is 0 Å². The van der Waals surface area contributed by atoms with E-state index in [1.807, 2.05) is 30.1 Å². The highest BCUT2D eigenvalue weighted by Crippen LogP contribution is 2.19. The lowest BCUT2D eigenvalue weighted by Gasteiger charge is -2.41. The van der Waals surface area contributed by atoms with Gasteiger partial charge in [-0.2, -0.15) is 0 Å². The Bertz CT molecular complexity index is 607. The molecule has 6 nitrogen and oxygen atoms in total. The van der Waals surface area contributed by atoms with Gasteiger partial charge in [-0.1, -0.05) is 30.3 Å². The highest BCUT2D eigenvalue weighted by atomic mass is 16.4. The van der Waals surface area contributed by atoms with Crippen LogP contribution in [0.4, 0.5) is 0 Å². The lowest BCUT2D eigenvalue weighted by Crippen LogP contribution is -2.57. The number of carboxylic acid groups (broad SMARTS) is 1. The van der Waals surface area contributed by atoms with Crippen molar-refractivity contribution in [2.24, 2.45) is 5.92 Å². The Kier molecular flexibility index (Phi) is 5.71. The summed E-state index contributed by atoms with van der Waals surface area (Å²) >= 11 is 0. The van der Waals surface area contributed by atoms with Gasteiger partial charge in [0, 0.05) is 51.7 Å². The van der Waals surface area contributed by atoms with E-state index >= 15 is 0 Å². The molecule has 25 heavy (non-hydrogen) atoms. The van der Waals surface area contributed by atoms with E-state index in [-0.39, 0.29) is 17.9 Å². The molecule has 2 atom stereocenters. The minimum absolute atomic E-state index is 0.199. The Labute approximate surface area is 149 Å². The van der Waals surface area contributed by atoms with Gasteiger partial charge in [0.05, 0.1) is 5.92 Å². The molecule has 6 heteroatoms. The molecule has 2 saturated heterocycles. The van der Waals surface area contributed by atoms with Gasteiger partial charge >= 0.3 is 5.97 Å². The molecule has 0 aliphatic carbocycles. The lowest BCUT2D eigenvalue weighted by atomic mass is 10.1. The van der Waals surface area contributed by atoms with Crippen molar-refractivity contribution >= 4 is 11.9 Å². The molecule has 1 aromatic carbocycles. The normalized spacial score (nSPS) is 25.2. The number of piperazine rings is 1. The number of aryl methyl sites for hydroxylation is 1. The summed E-state index contributed by atoms with van der Waals surface area (Å²) in [5.41, 5.74) is 1.19. The third-order valence-corrected chi connectivity index (χ3v) is 5.29. The van der Waals surface area contributed by atoms with E-state index in [9.17, 15) is 14.7 Å². The van der Waals surface area contributed by atoms with Crippen LogP contribution in [0.1, 0.15) is 12.0 Å². The zero-order chi connectivity index (χ0) is 17.8. The zero-order valence-corrected chi connectivity index (χ0v) is 14.8. The summed E-state index contributed by atoms with van der Waals surface area (Å²) in [6.07, 6.45) is 1.30. The molecule has 1 aromatic rings. The Balaban J connectivity index is 1.56. The Morgan fingerprint density at radius 3 is 2.56 bits per heavy atom. The molecule has 3 rings (SSSR count). The van der Waals surface area contributed by atoms with Crippen LogP contribution in [0.5, 0.6) is 0 Å². The summed E-state index contributed by atoms with van der Waals surface area (Å²) in [5, 5.41) is 9.37. The second kappa shape index (κ2) is 7.97. The molecule has 136 valence electrons. The Morgan fingerprint density at radius 2 is 1.84 bits per heavy atom. The monoisotopic (exact) mass is 345 g/mol. The van der Waals surface area contributed by atoms with Crippen LogP contribution >= 0.6 is 0 Å². The van der Waals surface area contributed by atoms with Gasteiger partial charge in [-0.15, -0.1) is 0 Å². The van der Waals surface area contributed by atoms with Gasteiger partial charge in [0.1, 0.15) is 0 Å². The van der Waals surface area contributed by atoms with Crippen molar-refractivity contribution in [1.82, 2.24) is 14.7 Å². The van der Waals surface area contributed by atoms with E-state index in [2.05, 4.69) is 21.9 Å². The first-order chi connectivity index (χ1) is 12.0. The molecule has 0 saturated carbocycles. The van der Waals surface area contributed by atoms with Crippen LogP contribution in [0, 0.1) is 5.92 Å². The second-order valence-electron chi connectivity index (χ2n) is 7.23. The molecule has 2 fully saturated rings. The fourth-order valence-corrected chi connectivity index (χ4v) is 3.89. The number of likely N-dealkylation sites (N-methyl/N-ethyl adjacent to an activating group) is 1. The fraction of sp³-hybridized carbons (Fsp3) is 0.579. The number of rotatable bonds is 4. The number of carbonyl (C=O) groups is 2. The van der Waals surface area contributed by atoms with E-state index in [1.165, 1.54) is 5.56 Å². The van der Waals surface area contributed by atoms with Gasteiger partial charge in [-0.3, -0.25) is 14.5 Å². The average Bonchev–Trinajstić information content (AvgIpc) is 2.78. The van der Waals surface area contributed by atoms with Crippen molar-refractivity contribution in [2.45, 2.75) is 18.9 Å². The standard InChI is InChI=1S/C19H27N3O3/c1-20-11-16(19(24)25)12-21-9-10-22(14-17(21)13-20)18(23)8-7-15-5-3-2-4-6-15/h2-6,16-17H,7-14H2,1H3,(H,24,25)/t16-,17-/m1/s1. The number of hydrogen-bond acceptors (Lipinski definition) is 4. The van der Waals surface area contributed by atoms with Crippen LogP contribution in [0.25, 0.3) is 0 Å². The van der Waals surface area contributed by atoms with Crippen molar-refractivity contribution in [3.63, 3.8) is 0 Å². The number of nitrogens with zero attached hydrogens (tertiary/aromatic N) is 3. The maximum Gasteiger partial charge on any atom is 0.309 e. The number of aliphatic carboxylic acids is 1. The summed E-state index contributed by atoms with van der Waals surface area (Å²) in [6.45, 7) is 4.12. The first kappa shape index (κ1) is 17.9. The Morgan fingerprint density at radius 1 is 1.08 bits per heavy atom. The number of fused-ring (bicyclic) bond motifs is 1. The Hall–Kier alpha value is -1.92. The van der Waals surface area contributed by atoms with Gasteiger partial charge in [0.15, 0.2) is 0 Å². The summed E-state index contributed by atoms with van der Waals surface area (Å²) in [4.78, 5) is 30.3. The minimum atomic E-state index is -0.728. The first-order valence-corrected chi connectivity index (χ1v) is 9.00. The molecule has 0 aromatic heterocycles. The smallest absolute Gasteiger partial charge is 0.309 e. The number of carboxylic acids is 1. The van der Waals surface area contributed by atoms with Crippen LogP contribution < -0.4 is 0 Å². The van der Waals surface area contributed by atoms with Crippen molar-refractivity contribution in [3.05, 3.63) is 35.9 Å². The van der Waals surface area contributed by atoms with Crippen molar-refractivity contribution in [2.75, 3.05) is 46.3 Å². The highest BCUT2D eigenvalue weighted by molar-refractivity contribution is 5.76. The third kappa shape index (κ3) is 4.58. The van der Waals surface area contributed by atoms with Crippen LogP contribution in [0.3, 0.4) is 0 Å². The number of hydrogen-bond donors (Lipinski definition) is 1. The van der Waals surface area contributed by atoms with E-state index in [0.29, 0.717) is 32.6 Å². The molecular formula is C19H27N3O3. The molecule has 1 N–H and O–H groups in total. The van der Waals surface area contributed by atoms with Crippen molar-refractivity contribution < 1.29 is 14.7 Å². The lowest BCUT2D eigenvalue weighted by molar-refractivity contribution is -0.143. The van der Waals surface area contributed by atoms with Crippen LogP contribution in [0.2, 0.25) is 0 Å². The van der Waals surface area contributed by atoms with E-state index in [0.717, 1.165) is 19.5 Å². The quantitative estimate of drug-likeness (QED) is 0.874. The number of benzene rings is 1. The predicted octanol–water partition coefficient (Wildman–Crippen LogP) is 0.778. The number of carbonyl (C=O) groups excluding carboxylic acids is 1. The summed E-state index contributed by atoms with van der Waals surface area (Å²) in [7, 11) is 1.97. The van der Waals surface area contributed by atoms with Gasteiger partial charge in [-0.25, -0.2) is 0 Å². The molecule has 1 amide bonds. The highest BCUT2D eigenvalue weighted by Gasteiger charge is 2.36. The van der Waals surface area contributed by atoms with Crippen LogP contribution in [-0.2, 0) is 16.0 Å². The second-order valence-corrected chi connectivity index (χ2v) is 7.23. The third-order valence-electron chi connectivity index (χ3n) is 5.29. The molecule has 2 aliphatic heterocycles. The van der Waals surface area contributed by atoms with E-state index in [1.54, 1.807) is 0 Å². The maximum atomic E-state index is 12.6.